The molecule has 2 aromatic carbocycles. The van der Waals surface area contributed by atoms with Crippen LogP contribution in [0.1, 0.15) is 10.4 Å². The lowest BCUT2D eigenvalue weighted by molar-refractivity contribution is 0.0699. The quantitative estimate of drug-likeness (QED) is 0.746. The average Bonchev–Trinajstić information content (AvgIpc) is 2.74. The van der Waals surface area contributed by atoms with Crippen LogP contribution in [0.5, 0.6) is 0 Å². The maximum absolute atomic E-state index is 13.2. The van der Waals surface area contributed by atoms with Crippen LogP contribution in [0.3, 0.4) is 0 Å². The summed E-state index contributed by atoms with van der Waals surface area (Å²) in [6, 6.07) is 8.49. The summed E-state index contributed by atoms with van der Waals surface area (Å²) < 4.78 is 14.9. The van der Waals surface area contributed by atoms with Gasteiger partial charge in [0.25, 0.3) is 0 Å². The molecule has 0 saturated heterocycles. The molecule has 1 heterocycles. The first-order chi connectivity index (χ1) is 9.99. The zero-order valence-corrected chi connectivity index (χ0v) is 12.0. The van der Waals surface area contributed by atoms with E-state index >= 15 is 0 Å². The lowest BCUT2D eigenvalue weighted by Crippen LogP contribution is -2.15. The molecule has 0 bridgehead atoms. The summed E-state index contributed by atoms with van der Waals surface area (Å²) in [5, 5.41) is 9.15. The maximum atomic E-state index is 13.2. The fraction of sp³-hybridized carbons (Fsp3) is 0. The van der Waals surface area contributed by atoms with Gasteiger partial charge in [0, 0.05) is 4.47 Å². The van der Waals surface area contributed by atoms with Gasteiger partial charge in [0.1, 0.15) is 5.82 Å². The Morgan fingerprint density at radius 1 is 1.29 bits per heavy atom. The van der Waals surface area contributed by atoms with E-state index in [9.17, 15) is 14.0 Å². The topological polar surface area (TPSA) is 75.1 Å². The number of hydrogen-bond donors (Lipinski definition) is 2. The predicted octanol–water partition coefficient (Wildman–Crippen LogP) is 2.92. The van der Waals surface area contributed by atoms with Crippen molar-refractivity contribution in [2.75, 3.05) is 0 Å². The molecule has 21 heavy (non-hydrogen) atoms. The van der Waals surface area contributed by atoms with Crippen molar-refractivity contribution in [1.29, 1.82) is 0 Å². The zero-order valence-electron chi connectivity index (χ0n) is 10.4. The fourth-order valence-corrected chi connectivity index (χ4v) is 2.74. The van der Waals surface area contributed by atoms with Gasteiger partial charge in [-0.3, -0.25) is 4.57 Å². The molecule has 0 amide bonds. The molecule has 3 aromatic rings. The van der Waals surface area contributed by atoms with Crippen LogP contribution in [-0.4, -0.2) is 20.6 Å². The molecule has 0 radical (unpaired) electrons. The van der Waals surface area contributed by atoms with Gasteiger partial charge in [-0.2, -0.15) is 0 Å². The number of hydrogen-bond acceptors (Lipinski definition) is 2. The van der Waals surface area contributed by atoms with E-state index in [2.05, 4.69) is 20.9 Å². The number of H-pyrrole nitrogens is 1. The van der Waals surface area contributed by atoms with Crippen molar-refractivity contribution in [2.24, 2.45) is 0 Å². The molecular formula is C14H8BrFN2O3. The SMILES string of the molecule is O=C(O)c1cccc2c1[nH]c(=O)n2-c1ccc(F)cc1Br. The van der Waals surface area contributed by atoms with Crippen molar-refractivity contribution in [2.45, 2.75) is 0 Å². The highest BCUT2D eigenvalue weighted by Crippen LogP contribution is 2.25. The van der Waals surface area contributed by atoms with E-state index in [0.29, 0.717) is 15.7 Å². The molecule has 0 aliphatic rings. The van der Waals surface area contributed by atoms with Crippen molar-refractivity contribution in [3.63, 3.8) is 0 Å². The van der Waals surface area contributed by atoms with E-state index in [-0.39, 0.29) is 11.1 Å². The van der Waals surface area contributed by atoms with Crippen LogP contribution >= 0.6 is 15.9 Å². The Morgan fingerprint density at radius 2 is 2.05 bits per heavy atom. The third kappa shape index (κ3) is 2.15. The van der Waals surface area contributed by atoms with Gasteiger partial charge in [0.15, 0.2) is 0 Å². The molecule has 0 unspecified atom stereocenters. The van der Waals surface area contributed by atoms with Crippen molar-refractivity contribution < 1.29 is 14.3 Å². The molecule has 1 aromatic heterocycles. The minimum Gasteiger partial charge on any atom is -0.478 e. The minimum absolute atomic E-state index is 0.00147. The highest BCUT2D eigenvalue weighted by molar-refractivity contribution is 9.10. The van der Waals surface area contributed by atoms with Gasteiger partial charge in [0.05, 0.1) is 22.3 Å². The average molecular weight is 351 g/mol. The number of nitrogens with zero attached hydrogens (tertiary/aromatic N) is 1. The summed E-state index contributed by atoms with van der Waals surface area (Å²) in [4.78, 5) is 25.9. The summed E-state index contributed by atoms with van der Waals surface area (Å²) in [5.41, 5.74) is 0.571. The van der Waals surface area contributed by atoms with Gasteiger partial charge in [-0.25, -0.2) is 14.0 Å². The number of fused-ring (bicyclic) bond motifs is 1. The smallest absolute Gasteiger partial charge is 0.337 e. The van der Waals surface area contributed by atoms with Crippen LogP contribution in [-0.2, 0) is 0 Å². The van der Waals surface area contributed by atoms with Gasteiger partial charge in [-0.15, -0.1) is 0 Å². The molecule has 0 atom stereocenters. The molecule has 7 heteroatoms. The summed E-state index contributed by atoms with van der Waals surface area (Å²) >= 11 is 3.21. The highest BCUT2D eigenvalue weighted by atomic mass is 79.9. The standard InChI is InChI=1S/C14H8BrFN2O3/c15-9-6-7(16)4-5-10(9)18-11-3-1-2-8(13(19)20)12(11)17-14(18)21/h1-6H,(H,17,21)(H,19,20). The molecule has 3 rings (SSSR count). The number of nitrogens with one attached hydrogen (secondary N) is 1. The molecule has 0 aliphatic heterocycles. The third-order valence-corrected chi connectivity index (χ3v) is 3.73. The number of aromatic nitrogens is 2. The highest BCUT2D eigenvalue weighted by Gasteiger charge is 2.16. The Kier molecular flexibility index (Phi) is 3.13. The van der Waals surface area contributed by atoms with Crippen LogP contribution in [0.4, 0.5) is 4.39 Å². The molecule has 106 valence electrons. The Morgan fingerprint density at radius 3 is 2.71 bits per heavy atom. The fourth-order valence-electron chi connectivity index (χ4n) is 2.21. The Hall–Kier alpha value is -2.41. The number of rotatable bonds is 2. The van der Waals surface area contributed by atoms with Crippen LogP contribution in [0.25, 0.3) is 16.7 Å². The lowest BCUT2D eigenvalue weighted by Gasteiger charge is -2.06. The van der Waals surface area contributed by atoms with Gasteiger partial charge in [0.2, 0.25) is 0 Å². The molecule has 0 aliphatic carbocycles. The van der Waals surface area contributed by atoms with E-state index in [1.165, 1.54) is 28.8 Å². The number of carbonyl (C=O) groups is 1. The second-order valence-electron chi connectivity index (χ2n) is 4.37. The Balaban J connectivity index is 2.39. The van der Waals surface area contributed by atoms with Crippen LogP contribution in [0, 0.1) is 5.82 Å². The first-order valence-corrected chi connectivity index (χ1v) is 6.71. The van der Waals surface area contributed by atoms with E-state index in [0.717, 1.165) is 0 Å². The number of carboxylic acids is 1. The van der Waals surface area contributed by atoms with Gasteiger partial charge in [-0.1, -0.05) is 6.07 Å². The maximum Gasteiger partial charge on any atom is 0.337 e. The van der Waals surface area contributed by atoms with Crippen molar-refractivity contribution in [3.8, 4) is 5.69 Å². The first-order valence-electron chi connectivity index (χ1n) is 5.91. The van der Waals surface area contributed by atoms with Crippen LogP contribution < -0.4 is 5.69 Å². The summed E-state index contributed by atoms with van der Waals surface area (Å²) in [6.07, 6.45) is 0. The zero-order chi connectivity index (χ0) is 15.1. The van der Waals surface area contributed by atoms with E-state index < -0.39 is 17.5 Å². The van der Waals surface area contributed by atoms with Gasteiger partial charge < -0.3 is 10.1 Å². The van der Waals surface area contributed by atoms with Crippen molar-refractivity contribution in [1.82, 2.24) is 9.55 Å². The number of halogens is 2. The van der Waals surface area contributed by atoms with Crippen LogP contribution in [0.2, 0.25) is 0 Å². The molecule has 0 saturated carbocycles. The third-order valence-electron chi connectivity index (χ3n) is 3.10. The lowest BCUT2D eigenvalue weighted by atomic mass is 10.2. The number of para-hydroxylation sites is 1. The van der Waals surface area contributed by atoms with Crippen molar-refractivity contribution >= 4 is 32.9 Å². The molecule has 0 fully saturated rings. The molecule has 5 nitrogen and oxygen atoms in total. The van der Waals surface area contributed by atoms with Gasteiger partial charge in [-0.05, 0) is 46.3 Å². The van der Waals surface area contributed by atoms with Crippen molar-refractivity contribution in [3.05, 3.63) is 62.7 Å². The monoisotopic (exact) mass is 350 g/mol. The second kappa shape index (κ2) is 4.85. The molecule has 0 spiro atoms. The van der Waals surface area contributed by atoms with E-state index in [1.807, 2.05) is 0 Å². The molecule has 2 N–H and O–H groups in total. The number of benzene rings is 2. The minimum atomic E-state index is -1.13. The number of imidazole rings is 1. The van der Waals surface area contributed by atoms with E-state index in [1.54, 1.807) is 12.1 Å². The summed E-state index contributed by atoms with van der Waals surface area (Å²) in [6.45, 7) is 0. The van der Waals surface area contributed by atoms with E-state index in [4.69, 9.17) is 5.11 Å². The normalized spacial score (nSPS) is 11.0. The Bertz CT molecular complexity index is 930. The number of aromatic carboxylic acids is 1. The van der Waals surface area contributed by atoms with Gasteiger partial charge >= 0.3 is 11.7 Å². The summed E-state index contributed by atoms with van der Waals surface area (Å²) in [7, 11) is 0. The second-order valence-corrected chi connectivity index (χ2v) is 5.22. The number of aromatic amines is 1. The summed E-state index contributed by atoms with van der Waals surface area (Å²) in [5.74, 6) is -1.57. The largest absolute Gasteiger partial charge is 0.478 e. The molecular weight excluding hydrogens is 343 g/mol. The number of carboxylic acid groups (broad SMARTS) is 1. The Labute approximate surface area is 125 Å². The first kappa shape index (κ1) is 13.6. The predicted molar refractivity (Wildman–Crippen MR) is 78.5 cm³/mol. The van der Waals surface area contributed by atoms with Crippen LogP contribution in [0.15, 0.2) is 45.7 Å².